The number of hydrogen-bond acceptors (Lipinski definition) is 4. The van der Waals surface area contributed by atoms with Crippen molar-refractivity contribution < 1.29 is 4.52 Å². The first-order valence-corrected chi connectivity index (χ1v) is 7.28. The zero-order chi connectivity index (χ0) is 12.6. The van der Waals surface area contributed by atoms with Crippen molar-refractivity contribution in [3.8, 4) is 0 Å². The van der Waals surface area contributed by atoms with Gasteiger partial charge in [-0.25, -0.2) is 0 Å². The average molecular weight is 286 g/mol. The molecule has 2 fully saturated rings. The van der Waals surface area contributed by atoms with Gasteiger partial charge in [0.2, 0.25) is 5.89 Å². The molecule has 0 spiro atoms. The van der Waals surface area contributed by atoms with Crippen LogP contribution in [-0.4, -0.2) is 10.1 Å². The highest BCUT2D eigenvalue weighted by molar-refractivity contribution is 5.85. The minimum absolute atomic E-state index is 0. The maximum Gasteiger partial charge on any atom is 0.226 e. The Morgan fingerprint density at radius 1 is 1.32 bits per heavy atom. The number of nitrogens with two attached hydrogens (primary N) is 1. The first-order valence-electron chi connectivity index (χ1n) is 7.28. The standard InChI is InChI=1S/C14H23N3O.ClH/c1-10-4-2-5-11(8-10)9-12-16-13(17-18-12)14(15)6-3-7-14;/h10-11H,2-9,15H2,1H3;1H. The van der Waals surface area contributed by atoms with Crippen LogP contribution in [0.25, 0.3) is 0 Å². The van der Waals surface area contributed by atoms with Crippen LogP contribution in [0, 0.1) is 11.8 Å². The monoisotopic (exact) mass is 285 g/mol. The average Bonchev–Trinajstić information content (AvgIpc) is 2.75. The van der Waals surface area contributed by atoms with E-state index in [1.807, 2.05) is 0 Å². The van der Waals surface area contributed by atoms with Gasteiger partial charge in [-0.2, -0.15) is 4.98 Å². The fourth-order valence-electron chi connectivity index (χ4n) is 3.31. The summed E-state index contributed by atoms with van der Waals surface area (Å²) < 4.78 is 5.38. The van der Waals surface area contributed by atoms with E-state index in [1.54, 1.807) is 0 Å². The molecule has 2 saturated carbocycles. The van der Waals surface area contributed by atoms with Crippen LogP contribution in [0.2, 0.25) is 0 Å². The molecule has 0 bridgehead atoms. The zero-order valence-electron chi connectivity index (χ0n) is 11.6. The van der Waals surface area contributed by atoms with Crippen molar-refractivity contribution in [2.24, 2.45) is 17.6 Å². The smallest absolute Gasteiger partial charge is 0.226 e. The maximum absolute atomic E-state index is 6.21. The Kier molecular flexibility index (Phi) is 4.51. The lowest BCUT2D eigenvalue weighted by Crippen LogP contribution is -2.44. The summed E-state index contributed by atoms with van der Waals surface area (Å²) in [6, 6.07) is 0. The lowest BCUT2D eigenvalue weighted by atomic mass is 9.77. The van der Waals surface area contributed by atoms with Gasteiger partial charge < -0.3 is 10.3 Å². The second-order valence-electron chi connectivity index (χ2n) is 6.36. The topological polar surface area (TPSA) is 64.9 Å². The summed E-state index contributed by atoms with van der Waals surface area (Å²) >= 11 is 0. The van der Waals surface area contributed by atoms with E-state index in [0.29, 0.717) is 0 Å². The largest absolute Gasteiger partial charge is 0.339 e. The van der Waals surface area contributed by atoms with Crippen LogP contribution in [0.3, 0.4) is 0 Å². The van der Waals surface area contributed by atoms with Crippen LogP contribution in [0.15, 0.2) is 4.52 Å². The predicted molar refractivity (Wildman–Crippen MR) is 76.1 cm³/mol. The van der Waals surface area contributed by atoms with Gasteiger partial charge in [-0.1, -0.05) is 24.9 Å². The number of aromatic nitrogens is 2. The molecule has 2 aliphatic carbocycles. The predicted octanol–water partition coefficient (Wildman–Crippen LogP) is 3.20. The lowest BCUT2D eigenvalue weighted by molar-refractivity contribution is 0.227. The van der Waals surface area contributed by atoms with Crippen molar-refractivity contribution in [1.82, 2.24) is 10.1 Å². The van der Waals surface area contributed by atoms with Gasteiger partial charge in [0.05, 0.1) is 5.54 Å². The molecule has 1 aromatic heterocycles. The molecule has 2 aliphatic rings. The Morgan fingerprint density at radius 3 is 2.74 bits per heavy atom. The Balaban J connectivity index is 0.00000133. The van der Waals surface area contributed by atoms with Gasteiger partial charge in [0.1, 0.15) is 0 Å². The van der Waals surface area contributed by atoms with Gasteiger partial charge >= 0.3 is 0 Å². The Hall–Kier alpha value is -0.610. The molecular formula is C14H24ClN3O. The third-order valence-corrected chi connectivity index (χ3v) is 4.67. The lowest BCUT2D eigenvalue weighted by Gasteiger charge is -2.34. The Labute approximate surface area is 120 Å². The molecule has 0 saturated heterocycles. The summed E-state index contributed by atoms with van der Waals surface area (Å²) in [6.07, 6.45) is 9.42. The first kappa shape index (κ1) is 14.8. The molecule has 3 rings (SSSR count). The van der Waals surface area contributed by atoms with Crippen LogP contribution >= 0.6 is 12.4 Å². The number of nitrogens with zero attached hydrogens (tertiary/aromatic N) is 2. The minimum atomic E-state index is -0.290. The molecule has 108 valence electrons. The molecule has 0 aromatic carbocycles. The van der Waals surface area contributed by atoms with Gasteiger partial charge in [-0.05, 0) is 43.9 Å². The normalized spacial score (nSPS) is 29.4. The second-order valence-corrected chi connectivity index (χ2v) is 6.36. The molecule has 2 atom stereocenters. The van der Waals surface area contributed by atoms with Crippen LogP contribution < -0.4 is 5.73 Å². The Bertz CT molecular complexity index is 417. The molecule has 0 radical (unpaired) electrons. The van der Waals surface area contributed by atoms with E-state index >= 15 is 0 Å². The van der Waals surface area contributed by atoms with Gasteiger partial charge in [-0.3, -0.25) is 0 Å². The van der Waals surface area contributed by atoms with E-state index in [2.05, 4.69) is 17.1 Å². The van der Waals surface area contributed by atoms with Gasteiger partial charge in [0, 0.05) is 6.42 Å². The van der Waals surface area contributed by atoms with Crippen molar-refractivity contribution in [3.05, 3.63) is 11.7 Å². The molecule has 5 heteroatoms. The van der Waals surface area contributed by atoms with Crippen molar-refractivity contribution in [1.29, 1.82) is 0 Å². The maximum atomic E-state index is 6.21. The van der Waals surface area contributed by atoms with Crippen LogP contribution in [0.5, 0.6) is 0 Å². The van der Waals surface area contributed by atoms with Crippen molar-refractivity contribution in [3.63, 3.8) is 0 Å². The van der Waals surface area contributed by atoms with E-state index in [0.717, 1.165) is 42.8 Å². The highest BCUT2D eigenvalue weighted by Gasteiger charge is 2.39. The van der Waals surface area contributed by atoms with Gasteiger partial charge in [-0.15, -0.1) is 12.4 Å². The zero-order valence-corrected chi connectivity index (χ0v) is 12.4. The van der Waals surface area contributed by atoms with Crippen LogP contribution in [0.1, 0.15) is 63.6 Å². The van der Waals surface area contributed by atoms with E-state index in [1.165, 1.54) is 32.1 Å². The van der Waals surface area contributed by atoms with E-state index in [-0.39, 0.29) is 17.9 Å². The van der Waals surface area contributed by atoms with Gasteiger partial charge in [0.25, 0.3) is 0 Å². The fourth-order valence-corrected chi connectivity index (χ4v) is 3.31. The van der Waals surface area contributed by atoms with E-state index in [4.69, 9.17) is 10.3 Å². The summed E-state index contributed by atoms with van der Waals surface area (Å²) in [4.78, 5) is 4.52. The molecule has 2 N–H and O–H groups in total. The Morgan fingerprint density at radius 2 is 2.11 bits per heavy atom. The van der Waals surface area contributed by atoms with Crippen molar-refractivity contribution in [2.45, 2.75) is 63.8 Å². The molecule has 19 heavy (non-hydrogen) atoms. The quantitative estimate of drug-likeness (QED) is 0.926. The van der Waals surface area contributed by atoms with Crippen LogP contribution in [0.4, 0.5) is 0 Å². The first-order chi connectivity index (χ1) is 8.66. The molecule has 4 nitrogen and oxygen atoms in total. The second kappa shape index (κ2) is 5.80. The van der Waals surface area contributed by atoms with Crippen molar-refractivity contribution >= 4 is 12.4 Å². The third kappa shape index (κ3) is 3.11. The number of hydrogen-bond donors (Lipinski definition) is 1. The third-order valence-electron chi connectivity index (χ3n) is 4.67. The SMILES string of the molecule is CC1CCCC(Cc2nc(C3(N)CCC3)no2)C1.Cl. The fraction of sp³-hybridized carbons (Fsp3) is 0.857. The molecule has 1 heterocycles. The van der Waals surface area contributed by atoms with Crippen LogP contribution in [-0.2, 0) is 12.0 Å². The summed E-state index contributed by atoms with van der Waals surface area (Å²) in [7, 11) is 0. The molecule has 0 amide bonds. The highest BCUT2D eigenvalue weighted by atomic mass is 35.5. The summed E-state index contributed by atoms with van der Waals surface area (Å²) in [5.41, 5.74) is 5.92. The summed E-state index contributed by atoms with van der Waals surface area (Å²) in [6.45, 7) is 2.34. The highest BCUT2D eigenvalue weighted by Crippen LogP contribution is 2.37. The van der Waals surface area contributed by atoms with E-state index in [9.17, 15) is 0 Å². The molecular weight excluding hydrogens is 262 g/mol. The van der Waals surface area contributed by atoms with E-state index < -0.39 is 0 Å². The minimum Gasteiger partial charge on any atom is -0.339 e. The van der Waals surface area contributed by atoms with Gasteiger partial charge in [0.15, 0.2) is 5.82 Å². The molecule has 0 aliphatic heterocycles. The molecule has 1 aromatic rings. The summed E-state index contributed by atoms with van der Waals surface area (Å²) in [5, 5.41) is 4.08. The molecule has 2 unspecified atom stereocenters. The number of rotatable bonds is 3. The van der Waals surface area contributed by atoms with Crippen molar-refractivity contribution in [2.75, 3.05) is 0 Å². The summed E-state index contributed by atoms with van der Waals surface area (Å²) in [5.74, 6) is 3.09. The number of halogens is 1.